The number of amides is 1. The molecule has 0 aromatic heterocycles. The van der Waals surface area contributed by atoms with E-state index in [1.807, 2.05) is 20.8 Å². The van der Waals surface area contributed by atoms with E-state index in [9.17, 15) is 4.79 Å². The van der Waals surface area contributed by atoms with Crippen LogP contribution >= 0.6 is 0 Å². The third kappa shape index (κ3) is 11.5. The van der Waals surface area contributed by atoms with E-state index in [2.05, 4.69) is 19.2 Å². The number of hydrogen-bond donors (Lipinski definition) is 1. The molecule has 1 amide bonds. The Morgan fingerprint density at radius 3 is 2.44 bits per heavy atom. The molecule has 16 heavy (non-hydrogen) atoms. The van der Waals surface area contributed by atoms with Gasteiger partial charge >= 0.3 is 0 Å². The standard InChI is InChI=1S/C12H25NO3/c1-10(2)8-15-7-6-13-11(14)9-16-12(3,4)5/h10H,6-9H2,1-5H3,(H,13,14). The smallest absolute Gasteiger partial charge is 0.246 e. The first-order valence-corrected chi connectivity index (χ1v) is 5.79. The van der Waals surface area contributed by atoms with E-state index in [1.165, 1.54) is 0 Å². The largest absolute Gasteiger partial charge is 0.379 e. The Bertz CT molecular complexity index is 197. The van der Waals surface area contributed by atoms with Gasteiger partial charge in [-0.15, -0.1) is 0 Å². The van der Waals surface area contributed by atoms with E-state index in [0.717, 1.165) is 6.61 Å². The summed E-state index contributed by atoms with van der Waals surface area (Å²) in [5.74, 6) is 0.433. The van der Waals surface area contributed by atoms with Gasteiger partial charge in [0.25, 0.3) is 0 Å². The van der Waals surface area contributed by atoms with Gasteiger partial charge in [-0.05, 0) is 26.7 Å². The normalized spacial score (nSPS) is 11.9. The SMILES string of the molecule is CC(C)COCCNC(=O)COC(C)(C)C. The number of hydrogen-bond acceptors (Lipinski definition) is 3. The average molecular weight is 231 g/mol. The molecule has 96 valence electrons. The van der Waals surface area contributed by atoms with Crippen LogP contribution in [0.2, 0.25) is 0 Å². The summed E-state index contributed by atoms with van der Waals surface area (Å²) in [5.41, 5.74) is -0.272. The Kier molecular flexibility index (Phi) is 7.34. The monoisotopic (exact) mass is 231 g/mol. The van der Waals surface area contributed by atoms with E-state index in [1.54, 1.807) is 0 Å². The molecule has 4 heteroatoms. The van der Waals surface area contributed by atoms with Crippen LogP contribution in [0.25, 0.3) is 0 Å². The molecule has 0 bridgehead atoms. The van der Waals surface area contributed by atoms with Gasteiger partial charge in [0.05, 0.1) is 12.2 Å². The van der Waals surface area contributed by atoms with Gasteiger partial charge in [-0.3, -0.25) is 4.79 Å². The van der Waals surface area contributed by atoms with Crippen molar-refractivity contribution in [2.75, 3.05) is 26.4 Å². The highest BCUT2D eigenvalue weighted by Gasteiger charge is 2.12. The summed E-state index contributed by atoms with van der Waals surface area (Å²) in [6, 6.07) is 0. The van der Waals surface area contributed by atoms with Crippen LogP contribution in [0, 0.1) is 5.92 Å². The lowest BCUT2D eigenvalue weighted by Gasteiger charge is -2.19. The molecule has 0 fully saturated rings. The fourth-order valence-corrected chi connectivity index (χ4v) is 0.915. The maximum Gasteiger partial charge on any atom is 0.246 e. The quantitative estimate of drug-likeness (QED) is 0.677. The van der Waals surface area contributed by atoms with Crippen molar-refractivity contribution in [1.29, 1.82) is 0 Å². The lowest BCUT2D eigenvalue weighted by molar-refractivity contribution is -0.130. The summed E-state index contributed by atoms with van der Waals surface area (Å²) in [4.78, 5) is 11.3. The van der Waals surface area contributed by atoms with Gasteiger partial charge in [0.1, 0.15) is 6.61 Å². The summed E-state index contributed by atoms with van der Waals surface area (Å²) in [6.07, 6.45) is 0. The molecule has 0 radical (unpaired) electrons. The van der Waals surface area contributed by atoms with Gasteiger partial charge in [0.15, 0.2) is 0 Å². The van der Waals surface area contributed by atoms with E-state index in [0.29, 0.717) is 19.1 Å². The molecule has 0 spiro atoms. The molecule has 0 aromatic carbocycles. The third-order valence-electron chi connectivity index (χ3n) is 1.66. The molecule has 0 saturated carbocycles. The van der Waals surface area contributed by atoms with Crippen molar-refractivity contribution < 1.29 is 14.3 Å². The van der Waals surface area contributed by atoms with E-state index >= 15 is 0 Å². The minimum absolute atomic E-state index is 0.0944. The van der Waals surface area contributed by atoms with Crippen molar-refractivity contribution in [2.45, 2.75) is 40.2 Å². The molecule has 0 aromatic rings. The lowest BCUT2D eigenvalue weighted by Crippen LogP contribution is -2.34. The summed E-state index contributed by atoms with van der Waals surface area (Å²) >= 11 is 0. The Labute approximate surface area is 98.7 Å². The highest BCUT2D eigenvalue weighted by atomic mass is 16.5. The molecule has 0 saturated heterocycles. The first-order valence-electron chi connectivity index (χ1n) is 5.79. The zero-order valence-corrected chi connectivity index (χ0v) is 11.1. The molecule has 0 unspecified atom stereocenters. The second-order valence-corrected chi connectivity index (χ2v) is 5.22. The molecule has 0 atom stereocenters. The molecule has 0 rings (SSSR count). The number of carbonyl (C=O) groups is 1. The van der Waals surface area contributed by atoms with Crippen molar-refractivity contribution in [1.82, 2.24) is 5.32 Å². The minimum Gasteiger partial charge on any atom is -0.379 e. The van der Waals surface area contributed by atoms with Crippen molar-refractivity contribution in [3.63, 3.8) is 0 Å². The summed E-state index contributed by atoms with van der Waals surface area (Å²) in [5, 5.41) is 2.74. The van der Waals surface area contributed by atoms with Crippen LogP contribution in [0.4, 0.5) is 0 Å². The zero-order chi connectivity index (χ0) is 12.6. The molecular formula is C12H25NO3. The van der Waals surface area contributed by atoms with Gasteiger partial charge in [0, 0.05) is 13.2 Å². The second-order valence-electron chi connectivity index (χ2n) is 5.22. The summed E-state index contributed by atoms with van der Waals surface area (Å²) in [6.45, 7) is 11.9. The highest BCUT2D eigenvalue weighted by molar-refractivity contribution is 5.77. The van der Waals surface area contributed by atoms with Crippen LogP contribution in [0.5, 0.6) is 0 Å². The van der Waals surface area contributed by atoms with Crippen LogP contribution in [0.3, 0.4) is 0 Å². The Balaban J connectivity index is 3.38. The van der Waals surface area contributed by atoms with Gasteiger partial charge in [-0.25, -0.2) is 0 Å². The van der Waals surface area contributed by atoms with Crippen LogP contribution in [-0.4, -0.2) is 37.9 Å². The predicted octanol–water partition coefficient (Wildman–Crippen LogP) is 1.59. The van der Waals surface area contributed by atoms with E-state index < -0.39 is 0 Å². The molecule has 0 heterocycles. The first kappa shape index (κ1) is 15.4. The van der Waals surface area contributed by atoms with Crippen LogP contribution < -0.4 is 5.32 Å². The summed E-state index contributed by atoms with van der Waals surface area (Å²) in [7, 11) is 0. The number of rotatable bonds is 7. The Morgan fingerprint density at radius 1 is 1.31 bits per heavy atom. The van der Waals surface area contributed by atoms with Gasteiger partial charge in [0.2, 0.25) is 5.91 Å². The Morgan fingerprint density at radius 2 is 1.94 bits per heavy atom. The minimum atomic E-state index is -0.272. The third-order valence-corrected chi connectivity index (χ3v) is 1.66. The fraction of sp³-hybridized carbons (Fsp3) is 0.917. The summed E-state index contributed by atoms with van der Waals surface area (Å²) < 4.78 is 10.7. The predicted molar refractivity (Wildman–Crippen MR) is 64.4 cm³/mol. The van der Waals surface area contributed by atoms with Crippen molar-refractivity contribution in [3.8, 4) is 0 Å². The van der Waals surface area contributed by atoms with E-state index in [4.69, 9.17) is 9.47 Å². The number of nitrogens with one attached hydrogen (secondary N) is 1. The maximum absolute atomic E-state index is 11.3. The topological polar surface area (TPSA) is 47.6 Å². The molecular weight excluding hydrogens is 206 g/mol. The average Bonchev–Trinajstić information content (AvgIpc) is 2.12. The first-order chi connectivity index (χ1) is 7.31. The van der Waals surface area contributed by atoms with Crippen LogP contribution in [0.1, 0.15) is 34.6 Å². The Hall–Kier alpha value is -0.610. The number of carbonyl (C=O) groups excluding carboxylic acids is 1. The maximum atomic E-state index is 11.3. The van der Waals surface area contributed by atoms with Crippen LogP contribution in [0.15, 0.2) is 0 Å². The van der Waals surface area contributed by atoms with Crippen molar-refractivity contribution in [2.24, 2.45) is 5.92 Å². The highest BCUT2D eigenvalue weighted by Crippen LogP contribution is 2.05. The molecule has 0 aliphatic heterocycles. The fourth-order valence-electron chi connectivity index (χ4n) is 0.915. The van der Waals surface area contributed by atoms with Crippen LogP contribution in [-0.2, 0) is 14.3 Å². The van der Waals surface area contributed by atoms with Gasteiger partial charge in [-0.1, -0.05) is 13.8 Å². The lowest BCUT2D eigenvalue weighted by atomic mass is 10.2. The molecule has 1 N–H and O–H groups in total. The molecule has 0 aliphatic carbocycles. The second kappa shape index (κ2) is 7.63. The molecule has 0 aliphatic rings. The van der Waals surface area contributed by atoms with Gasteiger partial charge in [-0.2, -0.15) is 0 Å². The zero-order valence-electron chi connectivity index (χ0n) is 11.1. The number of ether oxygens (including phenoxy) is 2. The van der Waals surface area contributed by atoms with Gasteiger partial charge < -0.3 is 14.8 Å². The van der Waals surface area contributed by atoms with Crippen molar-refractivity contribution >= 4 is 5.91 Å². The molecule has 4 nitrogen and oxygen atoms in total. The van der Waals surface area contributed by atoms with E-state index in [-0.39, 0.29) is 18.1 Å². The van der Waals surface area contributed by atoms with Crippen molar-refractivity contribution in [3.05, 3.63) is 0 Å².